The Morgan fingerprint density at radius 3 is 2.45 bits per heavy atom. The molecular weight excluding hydrogens is 250 g/mol. The van der Waals surface area contributed by atoms with E-state index in [2.05, 4.69) is 31.2 Å². The highest BCUT2D eigenvalue weighted by molar-refractivity contribution is 5.68. The molecule has 0 unspecified atom stereocenters. The summed E-state index contributed by atoms with van der Waals surface area (Å²) in [6, 6.07) is 8.69. The van der Waals surface area contributed by atoms with Crippen LogP contribution in [0.4, 0.5) is 4.79 Å². The molecule has 1 amide bonds. The van der Waals surface area contributed by atoms with Gasteiger partial charge in [0, 0.05) is 13.1 Å². The third-order valence-electron chi connectivity index (χ3n) is 3.66. The van der Waals surface area contributed by atoms with Gasteiger partial charge in [-0.1, -0.05) is 29.8 Å². The van der Waals surface area contributed by atoms with E-state index in [1.807, 2.05) is 25.7 Å². The molecule has 0 radical (unpaired) electrons. The fourth-order valence-corrected chi connectivity index (χ4v) is 2.65. The number of piperidine rings is 1. The number of ether oxygens (including phenoxy) is 1. The molecule has 20 heavy (non-hydrogen) atoms. The van der Waals surface area contributed by atoms with Gasteiger partial charge in [-0.3, -0.25) is 0 Å². The van der Waals surface area contributed by atoms with Gasteiger partial charge < -0.3 is 9.64 Å². The Morgan fingerprint density at radius 2 is 1.90 bits per heavy atom. The van der Waals surface area contributed by atoms with Crippen LogP contribution >= 0.6 is 0 Å². The maximum absolute atomic E-state index is 12.0. The second-order valence-electron chi connectivity index (χ2n) is 6.66. The quantitative estimate of drug-likeness (QED) is 0.772. The lowest BCUT2D eigenvalue weighted by atomic mass is 9.89. The first-order valence-corrected chi connectivity index (χ1v) is 7.39. The molecule has 1 aliphatic heterocycles. The summed E-state index contributed by atoms with van der Waals surface area (Å²) >= 11 is 0. The van der Waals surface area contributed by atoms with Gasteiger partial charge >= 0.3 is 6.09 Å². The average Bonchev–Trinajstić information content (AvgIpc) is 2.37. The van der Waals surface area contributed by atoms with Crippen LogP contribution in [0.3, 0.4) is 0 Å². The minimum Gasteiger partial charge on any atom is -0.444 e. The number of benzene rings is 1. The van der Waals surface area contributed by atoms with E-state index >= 15 is 0 Å². The predicted molar refractivity (Wildman–Crippen MR) is 81.0 cm³/mol. The smallest absolute Gasteiger partial charge is 0.410 e. The molecule has 110 valence electrons. The lowest BCUT2D eigenvalue weighted by Gasteiger charge is -2.33. The highest BCUT2D eigenvalue weighted by Gasteiger charge is 2.27. The minimum absolute atomic E-state index is 0.180. The van der Waals surface area contributed by atoms with E-state index in [9.17, 15) is 4.79 Å². The van der Waals surface area contributed by atoms with Crippen LogP contribution in [-0.4, -0.2) is 29.7 Å². The molecule has 0 N–H and O–H groups in total. The topological polar surface area (TPSA) is 29.5 Å². The van der Waals surface area contributed by atoms with Gasteiger partial charge in [-0.15, -0.1) is 0 Å². The molecule has 1 aromatic rings. The number of aryl methyl sites for hydroxylation is 1. The number of rotatable bonds is 1. The Kier molecular flexibility index (Phi) is 4.36. The average molecular weight is 275 g/mol. The number of hydrogen-bond acceptors (Lipinski definition) is 2. The first kappa shape index (κ1) is 14.9. The lowest BCUT2D eigenvalue weighted by Crippen LogP contribution is -2.41. The van der Waals surface area contributed by atoms with Crippen LogP contribution in [-0.2, 0) is 4.74 Å². The van der Waals surface area contributed by atoms with E-state index in [0.29, 0.717) is 5.92 Å². The highest BCUT2D eigenvalue weighted by Crippen LogP contribution is 2.29. The van der Waals surface area contributed by atoms with Gasteiger partial charge in [0.15, 0.2) is 0 Å². The fraction of sp³-hybridized carbons (Fsp3) is 0.588. The number of hydrogen-bond donors (Lipinski definition) is 0. The summed E-state index contributed by atoms with van der Waals surface area (Å²) in [5, 5.41) is 0. The molecule has 1 saturated heterocycles. The van der Waals surface area contributed by atoms with Crippen LogP contribution in [0, 0.1) is 6.92 Å². The molecule has 0 aliphatic carbocycles. The predicted octanol–water partition coefficient (Wildman–Crippen LogP) is 4.11. The van der Waals surface area contributed by atoms with Crippen LogP contribution < -0.4 is 0 Å². The zero-order valence-electron chi connectivity index (χ0n) is 13.0. The van der Waals surface area contributed by atoms with Gasteiger partial charge in [0.05, 0.1) is 0 Å². The summed E-state index contributed by atoms with van der Waals surface area (Å²) in [6.07, 6.45) is 1.85. The summed E-state index contributed by atoms with van der Waals surface area (Å²) in [6.45, 7) is 9.42. The molecule has 1 fully saturated rings. The molecule has 0 bridgehead atoms. The van der Waals surface area contributed by atoms with Crippen molar-refractivity contribution in [2.45, 2.75) is 52.1 Å². The first-order valence-electron chi connectivity index (χ1n) is 7.39. The number of nitrogens with zero attached hydrogens (tertiary/aromatic N) is 1. The monoisotopic (exact) mass is 275 g/mol. The third-order valence-corrected chi connectivity index (χ3v) is 3.66. The van der Waals surface area contributed by atoms with Crippen molar-refractivity contribution in [3.05, 3.63) is 35.4 Å². The highest BCUT2D eigenvalue weighted by atomic mass is 16.6. The van der Waals surface area contributed by atoms with E-state index in [1.165, 1.54) is 11.1 Å². The molecule has 3 heteroatoms. The maximum Gasteiger partial charge on any atom is 0.410 e. The van der Waals surface area contributed by atoms with Crippen molar-refractivity contribution in [2.24, 2.45) is 0 Å². The molecule has 0 saturated carbocycles. The van der Waals surface area contributed by atoms with Gasteiger partial charge in [-0.05, 0) is 52.0 Å². The Hall–Kier alpha value is -1.51. The molecule has 1 heterocycles. The van der Waals surface area contributed by atoms with Crippen LogP contribution in [0.1, 0.15) is 50.7 Å². The zero-order valence-corrected chi connectivity index (χ0v) is 13.0. The van der Waals surface area contributed by atoms with Crippen LogP contribution in [0.5, 0.6) is 0 Å². The molecule has 0 aromatic heterocycles. The van der Waals surface area contributed by atoms with E-state index in [0.717, 1.165) is 25.9 Å². The van der Waals surface area contributed by atoms with E-state index in [1.54, 1.807) is 0 Å². The number of carbonyl (C=O) groups excluding carboxylic acids is 1. The number of carbonyl (C=O) groups is 1. The summed E-state index contributed by atoms with van der Waals surface area (Å²) in [5.74, 6) is 0.564. The summed E-state index contributed by atoms with van der Waals surface area (Å²) in [4.78, 5) is 13.8. The SMILES string of the molecule is Cc1cccc(C2CCN(C(=O)OC(C)(C)C)CC2)c1. The van der Waals surface area contributed by atoms with Crippen molar-refractivity contribution in [3.63, 3.8) is 0 Å². The standard InChI is InChI=1S/C17H25NO2/c1-13-6-5-7-15(12-13)14-8-10-18(11-9-14)16(19)20-17(2,3)4/h5-7,12,14H,8-11H2,1-4H3. The summed E-state index contributed by atoms with van der Waals surface area (Å²) in [5.41, 5.74) is 2.29. The van der Waals surface area contributed by atoms with Crippen LogP contribution in [0.2, 0.25) is 0 Å². The summed E-state index contributed by atoms with van der Waals surface area (Å²) < 4.78 is 5.42. The Bertz CT molecular complexity index is 468. The van der Waals surface area contributed by atoms with Crippen molar-refractivity contribution < 1.29 is 9.53 Å². The van der Waals surface area contributed by atoms with E-state index in [4.69, 9.17) is 4.74 Å². The summed E-state index contributed by atoms with van der Waals surface area (Å²) in [7, 11) is 0. The van der Waals surface area contributed by atoms with Gasteiger partial charge in [-0.25, -0.2) is 4.79 Å². The lowest BCUT2D eigenvalue weighted by molar-refractivity contribution is 0.0205. The maximum atomic E-state index is 12.0. The van der Waals surface area contributed by atoms with Crippen molar-refractivity contribution >= 4 is 6.09 Å². The van der Waals surface area contributed by atoms with E-state index < -0.39 is 5.60 Å². The van der Waals surface area contributed by atoms with Crippen LogP contribution in [0.25, 0.3) is 0 Å². The van der Waals surface area contributed by atoms with Crippen molar-refractivity contribution in [1.82, 2.24) is 4.90 Å². The molecule has 0 spiro atoms. The fourth-order valence-electron chi connectivity index (χ4n) is 2.65. The molecule has 1 aliphatic rings. The molecule has 2 rings (SSSR count). The van der Waals surface area contributed by atoms with Crippen molar-refractivity contribution in [1.29, 1.82) is 0 Å². The molecule has 0 atom stereocenters. The minimum atomic E-state index is -0.412. The van der Waals surface area contributed by atoms with Crippen LogP contribution in [0.15, 0.2) is 24.3 Å². The second-order valence-corrected chi connectivity index (χ2v) is 6.66. The zero-order chi connectivity index (χ0) is 14.8. The molecular formula is C17H25NO2. The van der Waals surface area contributed by atoms with Crippen molar-refractivity contribution in [3.8, 4) is 0 Å². The second kappa shape index (κ2) is 5.86. The Labute approximate surface area is 121 Å². The molecule has 1 aromatic carbocycles. The van der Waals surface area contributed by atoms with E-state index in [-0.39, 0.29) is 6.09 Å². The van der Waals surface area contributed by atoms with Gasteiger partial charge in [0.25, 0.3) is 0 Å². The largest absolute Gasteiger partial charge is 0.444 e. The number of likely N-dealkylation sites (tertiary alicyclic amines) is 1. The van der Waals surface area contributed by atoms with Crippen molar-refractivity contribution in [2.75, 3.05) is 13.1 Å². The Balaban J connectivity index is 1.91. The van der Waals surface area contributed by atoms with Gasteiger partial charge in [0.2, 0.25) is 0 Å². The third kappa shape index (κ3) is 3.99. The van der Waals surface area contributed by atoms with Gasteiger partial charge in [-0.2, -0.15) is 0 Å². The number of amides is 1. The molecule has 3 nitrogen and oxygen atoms in total. The Morgan fingerprint density at radius 1 is 1.25 bits per heavy atom. The van der Waals surface area contributed by atoms with Gasteiger partial charge in [0.1, 0.15) is 5.60 Å². The normalized spacial score (nSPS) is 17.1. The first-order chi connectivity index (χ1) is 9.35.